The first-order valence-electron chi connectivity index (χ1n) is 9.26. The number of para-hydroxylation sites is 1. The zero-order valence-corrected chi connectivity index (χ0v) is 16.5. The molecule has 0 atom stereocenters. The van der Waals surface area contributed by atoms with Crippen LogP contribution in [0.1, 0.15) is 22.3 Å². The average molecular weight is 405 g/mol. The molecule has 0 fully saturated rings. The number of hydrogen-bond donors (Lipinski definition) is 1. The number of aromatic nitrogens is 2. The van der Waals surface area contributed by atoms with Crippen molar-refractivity contribution >= 4 is 40.0 Å². The lowest BCUT2D eigenvalue weighted by Gasteiger charge is -2.17. The summed E-state index contributed by atoms with van der Waals surface area (Å²) >= 11 is 1.24. The van der Waals surface area contributed by atoms with Crippen molar-refractivity contribution in [2.75, 3.05) is 11.1 Å². The fourth-order valence-corrected chi connectivity index (χ4v) is 4.22. The van der Waals surface area contributed by atoms with Gasteiger partial charge in [-0.15, -0.1) is 6.58 Å². The lowest BCUT2D eigenvalue weighted by Crippen LogP contribution is -2.23. The topological polar surface area (TPSA) is 81.1 Å². The van der Waals surface area contributed by atoms with E-state index in [2.05, 4.69) is 16.9 Å². The molecule has 0 aliphatic carbocycles. The number of thioether (sulfide) groups is 1. The van der Waals surface area contributed by atoms with Crippen LogP contribution in [0.4, 0.5) is 5.69 Å². The molecule has 7 heteroatoms. The monoisotopic (exact) mass is 405 g/mol. The van der Waals surface area contributed by atoms with Gasteiger partial charge in [-0.1, -0.05) is 30.0 Å². The largest absolute Gasteiger partial charge is 0.326 e. The molecule has 1 aliphatic heterocycles. The standard InChI is InChI=1S/C22H19N3O3S/c1-2-11-25-21(28)16-5-3-4-6-18(16)24-22(25)29-13-19(26)15-7-9-17-14(12-15)8-10-20(27)23-17/h2-7,9,12H,1,8,10-11,13H2,(H,23,27). The van der Waals surface area contributed by atoms with Crippen molar-refractivity contribution in [2.24, 2.45) is 0 Å². The lowest BCUT2D eigenvalue weighted by atomic mass is 9.99. The molecule has 1 aromatic heterocycles. The molecule has 0 unspecified atom stereocenters. The van der Waals surface area contributed by atoms with Gasteiger partial charge in [-0.2, -0.15) is 0 Å². The van der Waals surface area contributed by atoms with Crippen LogP contribution < -0.4 is 10.9 Å². The molecule has 0 radical (unpaired) electrons. The number of carbonyl (C=O) groups is 2. The van der Waals surface area contributed by atoms with Crippen molar-refractivity contribution in [3.05, 3.63) is 76.6 Å². The number of ketones is 1. The van der Waals surface area contributed by atoms with Gasteiger partial charge in [0.2, 0.25) is 5.91 Å². The van der Waals surface area contributed by atoms with E-state index in [9.17, 15) is 14.4 Å². The summed E-state index contributed by atoms with van der Waals surface area (Å²) in [6.07, 6.45) is 2.69. The molecule has 0 saturated carbocycles. The fraction of sp³-hybridized carbons (Fsp3) is 0.182. The maximum atomic E-state index is 12.8. The number of fused-ring (bicyclic) bond motifs is 2. The Morgan fingerprint density at radius 2 is 2.03 bits per heavy atom. The van der Waals surface area contributed by atoms with E-state index in [0.717, 1.165) is 11.3 Å². The highest BCUT2D eigenvalue weighted by atomic mass is 32.2. The normalized spacial score (nSPS) is 13.0. The number of nitrogens with zero attached hydrogens (tertiary/aromatic N) is 2. The zero-order valence-electron chi connectivity index (χ0n) is 15.7. The minimum atomic E-state index is -0.144. The number of allylic oxidation sites excluding steroid dienone is 1. The van der Waals surface area contributed by atoms with Gasteiger partial charge in [-0.25, -0.2) is 4.98 Å². The molecule has 6 nitrogen and oxygen atoms in total. The number of amides is 1. The molecule has 0 spiro atoms. The van der Waals surface area contributed by atoms with Crippen LogP contribution in [-0.4, -0.2) is 27.0 Å². The van der Waals surface area contributed by atoms with Crippen LogP contribution in [0.5, 0.6) is 0 Å². The summed E-state index contributed by atoms with van der Waals surface area (Å²) in [5, 5.41) is 3.85. The van der Waals surface area contributed by atoms with Crippen LogP contribution in [-0.2, 0) is 17.8 Å². The first-order chi connectivity index (χ1) is 14.1. The molecule has 0 bridgehead atoms. The summed E-state index contributed by atoms with van der Waals surface area (Å²) in [5.74, 6) is 0.101. The molecule has 29 heavy (non-hydrogen) atoms. The van der Waals surface area contributed by atoms with E-state index in [1.165, 1.54) is 16.3 Å². The lowest BCUT2D eigenvalue weighted by molar-refractivity contribution is -0.116. The minimum Gasteiger partial charge on any atom is -0.326 e. The van der Waals surface area contributed by atoms with E-state index in [1.807, 2.05) is 12.1 Å². The second-order valence-electron chi connectivity index (χ2n) is 6.75. The van der Waals surface area contributed by atoms with Crippen LogP contribution in [0.15, 0.2) is 65.1 Å². The molecule has 146 valence electrons. The van der Waals surface area contributed by atoms with E-state index in [4.69, 9.17) is 0 Å². The summed E-state index contributed by atoms with van der Waals surface area (Å²) in [6.45, 7) is 4.04. The number of rotatable bonds is 6. The number of aryl methyl sites for hydroxylation is 1. The maximum absolute atomic E-state index is 12.8. The summed E-state index contributed by atoms with van der Waals surface area (Å²) < 4.78 is 1.54. The predicted molar refractivity (Wildman–Crippen MR) is 115 cm³/mol. The molecule has 2 aromatic carbocycles. The summed E-state index contributed by atoms with van der Waals surface area (Å²) in [6, 6.07) is 12.5. The van der Waals surface area contributed by atoms with Gasteiger partial charge >= 0.3 is 0 Å². The smallest absolute Gasteiger partial charge is 0.262 e. The van der Waals surface area contributed by atoms with E-state index in [-0.39, 0.29) is 23.0 Å². The van der Waals surface area contributed by atoms with E-state index in [0.29, 0.717) is 41.0 Å². The van der Waals surface area contributed by atoms with E-state index >= 15 is 0 Å². The molecular weight excluding hydrogens is 386 g/mol. The van der Waals surface area contributed by atoms with Crippen molar-refractivity contribution in [1.29, 1.82) is 0 Å². The molecule has 0 saturated heterocycles. The number of hydrogen-bond acceptors (Lipinski definition) is 5. The van der Waals surface area contributed by atoms with Gasteiger partial charge in [0, 0.05) is 24.2 Å². The van der Waals surface area contributed by atoms with E-state index in [1.54, 1.807) is 36.4 Å². The van der Waals surface area contributed by atoms with Gasteiger partial charge in [-0.3, -0.25) is 19.0 Å². The van der Waals surface area contributed by atoms with Gasteiger partial charge in [-0.05, 0) is 42.3 Å². The number of Topliss-reactive ketones (excluding diaryl/α,β-unsaturated/α-hetero) is 1. The first-order valence-corrected chi connectivity index (χ1v) is 10.2. The van der Waals surface area contributed by atoms with Crippen LogP contribution in [0, 0.1) is 0 Å². The second kappa shape index (κ2) is 8.05. The number of benzene rings is 2. The molecule has 1 aliphatic rings. The number of carbonyl (C=O) groups excluding carboxylic acids is 2. The third-order valence-electron chi connectivity index (χ3n) is 4.79. The molecule has 1 N–H and O–H groups in total. The van der Waals surface area contributed by atoms with Gasteiger partial charge in [0.15, 0.2) is 10.9 Å². The Hall–Kier alpha value is -3.19. The van der Waals surface area contributed by atoms with Crippen LogP contribution in [0.2, 0.25) is 0 Å². The van der Waals surface area contributed by atoms with Crippen molar-refractivity contribution in [3.8, 4) is 0 Å². The number of nitrogens with one attached hydrogen (secondary N) is 1. The van der Waals surface area contributed by atoms with Crippen molar-refractivity contribution in [2.45, 2.75) is 24.5 Å². The molecule has 3 aromatic rings. The Morgan fingerprint density at radius 3 is 2.86 bits per heavy atom. The van der Waals surface area contributed by atoms with E-state index < -0.39 is 0 Å². The van der Waals surface area contributed by atoms with Crippen LogP contribution in [0.3, 0.4) is 0 Å². The molecule has 1 amide bonds. The minimum absolute atomic E-state index is 0.00491. The third-order valence-corrected chi connectivity index (χ3v) is 5.77. The highest BCUT2D eigenvalue weighted by Gasteiger charge is 2.18. The van der Waals surface area contributed by atoms with Crippen LogP contribution in [0.25, 0.3) is 10.9 Å². The van der Waals surface area contributed by atoms with Gasteiger partial charge in [0.25, 0.3) is 5.56 Å². The average Bonchev–Trinajstić information content (AvgIpc) is 2.74. The maximum Gasteiger partial charge on any atom is 0.262 e. The Morgan fingerprint density at radius 1 is 1.21 bits per heavy atom. The second-order valence-corrected chi connectivity index (χ2v) is 7.69. The highest BCUT2D eigenvalue weighted by molar-refractivity contribution is 7.99. The van der Waals surface area contributed by atoms with Crippen LogP contribution >= 0.6 is 11.8 Å². The first kappa shape index (κ1) is 19.1. The molecule has 2 heterocycles. The van der Waals surface area contributed by atoms with Gasteiger partial charge in [0.05, 0.1) is 16.7 Å². The van der Waals surface area contributed by atoms with Gasteiger partial charge < -0.3 is 5.32 Å². The Kier molecular flexibility index (Phi) is 5.31. The molecular formula is C22H19N3O3S. The Balaban J connectivity index is 1.58. The quantitative estimate of drug-likeness (QED) is 0.294. The number of anilines is 1. The Labute approximate surface area is 171 Å². The van der Waals surface area contributed by atoms with Crippen molar-refractivity contribution in [1.82, 2.24) is 9.55 Å². The summed E-state index contributed by atoms with van der Waals surface area (Å²) in [5.41, 5.74) is 2.78. The van der Waals surface area contributed by atoms with Crippen molar-refractivity contribution < 1.29 is 9.59 Å². The zero-order chi connectivity index (χ0) is 20.4. The van der Waals surface area contributed by atoms with Crippen molar-refractivity contribution in [3.63, 3.8) is 0 Å². The van der Waals surface area contributed by atoms with Gasteiger partial charge in [0.1, 0.15) is 0 Å². The summed E-state index contributed by atoms with van der Waals surface area (Å²) in [7, 11) is 0. The third kappa shape index (κ3) is 3.86. The fourth-order valence-electron chi connectivity index (χ4n) is 3.32. The Bertz CT molecular complexity index is 1200. The predicted octanol–water partition coefficient (Wildman–Crippen LogP) is 3.44. The SMILES string of the molecule is C=CCn1c(SCC(=O)c2ccc3c(c2)CCC(=O)N3)nc2ccccc2c1=O. The summed E-state index contributed by atoms with van der Waals surface area (Å²) in [4.78, 5) is 41.6. The highest BCUT2D eigenvalue weighted by Crippen LogP contribution is 2.25. The molecule has 4 rings (SSSR count).